The van der Waals surface area contributed by atoms with Crippen LogP contribution in [0.2, 0.25) is 0 Å². The Hall–Kier alpha value is -2.51. The van der Waals surface area contributed by atoms with Crippen LogP contribution in [0.5, 0.6) is 5.75 Å². The molecule has 4 aromatic rings. The van der Waals surface area contributed by atoms with E-state index in [2.05, 4.69) is 27.4 Å². The molecule has 1 saturated carbocycles. The number of pyridine rings is 1. The number of halogens is 2. The second kappa shape index (κ2) is 8.32. The fourth-order valence-corrected chi connectivity index (χ4v) is 4.54. The summed E-state index contributed by atoms with van der Waals surface area (Å²) in [7, 11) is 0. The van der Waals surface area contributed by atoms with Crippen LogP contribution in [0.25, 0.3) is 20.3 Å². The highest BCUT2D eigenvalue weighted by Crippen LogP contribution is 2.38. The molecule has 1 N–H and O–H groups in total. The van der Waals surface area contributed by atoms with Crippen LogP contribution in [0.1, 0.15) is 29.7 Å². The van der Waals surface area contributed by atoms with Crippen LogP contribution in [0, 0.1) is 25.6 Å². The van der Waals surface area contributed by atoms with E-state index in [0.29, 0.717) is 24.8 Å². The summed E-state index contributed by atoms with van der Waals surface area (Å²) >= 11 is 1.57. The van der Waals surface area contributed by atoms with Crippen LogP contribution < -0.4 is 10.1 Å². The van der Waals surface area contributed by atoms with Crippen LogP contribution in [-0.2, 0) is 6.54 Å². The van der Waals surface area contributed by atoms with Crippen molar-refractivity contribution in [1.82, 2.24) is 15.2 Å². The Balaban J connectivity index is 0.00000218. The summed E-state index contributed by atoms with van der Waals surface area (Å²) in [6.45, 7) is 5.12. The molecule has 0 aliphatic heterocycles. The Morgan fingerprint density at radius 2 is 2.03 bits per heavy atom. The van der Waals surface area contributed by atoms with E-state index in [9.17, 15) is 4.39 Å². The third-order valence-corrected chi connectivity index (χ3v) is 6.52. The second-order valence-corrected chi connectivity index (χ2v) is 8.60. The molecule has 3 heterocycles. The highest BCUT2D eigenvalue weighted by molar-refractivity contribution is 7.26. The largest absolute Gasteiger partial charge is 0.490 e. The number of nitrogens with zero attached hydrogens (tertiary/aromatic N) is 3. The maximum atomic E-state index is 14.3. The van der Waals surface area contributed by atoms with Gasteiger partial charge in [-0.05, 0) is 61.9 Å². The molecule has 0 atom stereocenters. The van der Waals surface area contributed by atoms with Crippen molar-refractivity contribution in [2.75, 3.05) is 11.9 Å². The van der Waals surface area contributed by atoms with E-state index >= 15 is 0 Å². The molecule has 156 valence electrons. The number of hydrogen-bond donors (Lipinski definition) is 1. The Morgan fingerprint density at radius 3 is 2.80 bits per heavy atom. The van der Waals surface area contributed by atoms with Gasteiger partial charge in [-0.2, -0.15) is 5.10 Å². The number of benzene rings is 1. The minimum Gasteiger partial charge on any atom is -0.490 e. The molecule has 3 aromatic heterocycles. The molecule has 1 aliphatic carbocycles. The predicted octanol–water partition coefficient (Wildman–Crippen LogP) is 5.82. The first-order valence-corrected chi connectivity index (χ1v) is 10.6. The van der Waals surface area contributed by atoms with Gasteiger partial charge in [0.1, 0.15) is 10.6 Å². The monoisotopic (exact) mass is 444 g/mol. The highest BCUT2D eigenvalue weighted by Gasteiger charge is 2.22. The van der Waals surface area contributed by atoms with Gasteiger partial charge in [0, 0.05) is 23.5 Å². The molecular weight excluding hydrogens is 423 g/mol. The predicted molar refractivity (Wildman–Crippen MR) is 121 cm³/mol. The lowest BCUT2D eigenvalue weighted by atomic mass is 10.1. The van der Waals surface area contributed by atoms with Gasteiger partial charge in [0.25, 0.3) is 0 Å². The van der Waals surface area contributed by atoms with Crippen molar-refractivity contribution in [3.63, 3.8) is 0 Å². The van der Waals surface area contributed by atoms with E-state index in [1.165, 1.54) is 18.9 Å². The van der Waals surface area contributed by atoms with E-state index in [1.54, 1.807) is 23.6 Å². The fourth-order valence-electron chi connectivity index (χ4n) is 3.40. The molecule has 0 radical (unpaired) electrons. The van der Waals surface area contributed by atoms with Gasteiger partial charge in [0.2, 0.25) is 0 Å². The number of ether oxygens (including phenoxy) is 1. The minimum atomic E-state index is -0.320. The van der Waals surface area contributed by atoms with Crippen molar-refractivity contribution in [2.45, 2.75) is 33.2 Å². The van der Waals surface area contributed by atoms with Gasteiger partial charge in [-0.15, -0.1) is 28.8 Å². The number of hydrogen-bond acceptors (Lipinski definition) is 6. The Bertz CT molecular complexity index is 1220. The van der Waals surface area contributed by atoms with Gasteiger partial charge in [0.05, 0.1) is 17.0 Å². The first-order valence-electron chi connectivity index (χ1n) is 9.76. The van der Waals surface area contributed by atoms with E-state index in [0.717, 1.165) is 42.9 Å². The number of aryl methyl sites for hydroxylation is 2. The summed E-state index contributed by atoms with van der Waals surface area (Å²) in [5, 5.41) is 14.2. The summed E-state index contributed by atoms with van der Waals surface area (Å²) in [5.41, 5.74) is 2.92. The standard InChI is InChI=1S/C22H21FN4OS.ClH/c1-12-13(2)26-27-22-19(12)16-7-8-24-21(20(16)29-22)25-10-15-5-6-18(17(23)9-15)28-11-14-3-4-14;/h5-9,14H,3-4,10-11H2,1-2H3,(H,24,25);1H. The second-order valence-electron chi connectivity index (χ2n) is 7.60. The quantitative estimate of drug-likeness (QED) is 0.406. The van der Waals surface area contributed by atoms with Crippen molar-refractivity contribution in [1.29, 1.82) is 0 Å². The van der Waals surface area contributed by atoms with Crippen molar-refractivity contribution in [2.24, 2.45) is 5.92 Å². The average Bonchev–Trinajstić information content (AvgIpc) is 3.46. The van der Waals surface area contributed by atoms with E-state index in [4.69, 9.17) is 4.74 Å². The van der Waals surface area contributed by atoms with E-state index in [-0.39, 0.29) is 18.2 Å². The van der Waals surface area contributed by atoms with Crippen LogP contribution in [0.15, 0.2) is 30.5 Å². The first kappa shape index (κ1) is 20.8. The van der Waals surface area contributed by atoms with Crippen molar-refractivity contribution in [3.05, 3.63) is 53.1 Å². The van der Waals surface area contributed by atoms with Crippen molar-refractivity contribution >= 4 is 49.9 Å². The molecule has 0 saturated heterocycles. The molecule has 8 heteroatoms. The molecular formula is C22H22ClFN4OS. The number of thiophene rings is 1. The highest BCUT2D eigenvalue weighted by atomic mass is 35.5. The molecule has 1 aliphatic rings. The third-order valence-electron chi connectivity index (χ3n) is 5.42. The summed E-state index contributed by atoms with van der Waals surface area (Å²) in [4.78, 5) is 5.40. The molecule has 0 unspecified atom stereocenters. The summed E-state index contributed by atoms with van der Waals surface area (Å²) < 4.78 is 20.9. The maximum Gasteiger partial charge on any atom is 0.165 e. The topological polar surface area (TPSA) is 59.9 Å². The number of rotatable bonds is 6. The Labute approximate surface area is 184 Å². The first-order chi connectivity index (χ1) is 14.1. The summed E-state index contributed by atoms with van der Waals surface area (Å²) in [6.07, 6.45) is 4.16. The maximum absolute atomic E-state index is 14.3. The zero-order chi connectivity index (χ0) is 20.0. The molecule has 5 nitrogen and oxygen atoms in total. The van der Waals surface area contributed by atoms with Crippen molar-refractivity contribution in [3.8, 4) is 5.75 Å². The van der Waals surface area contributed by atoms with Gasteiger partial charge in [-0.25, -0.2) is 9.37 Å². The zero-order valence-electron chi connectivity index (χ0n) is 16.7. The van der Waals surface area contributed by atoms with Crippen LogP contribution in [0.4, 0.5) is 10.2 Å². The zero-order valence-corrected chi connectivity index (χ0v) is 18.4. The van der Waals surface area contributed by atoms with Gasteiger partial charge in [-0.1, -0.05) is 6.07 Å². The van der Waals surface area contributed by atoms with Gasteiger partial charge < -0.3 is 10.1 Å². The van der Waals surface area contributed by atoms with Gasteiger partial charge in [0.15, 0.2) is 11.6 Å². The smallest absolute Gasteiger partial charge is 0.165 e. The van der Waals surface area contributed by atoms with Crippen LogP contribution in [-0.4, -0.2) is 21.8 Å². The Kier molecular flexibility index (Phi) is 5.75. The van der Waals surface area contributed by atoms with Crippen LogP contribution >= 0.6 is 23.7 Å². The molecule has 0 amide bonds. The fraction of sp³-hybridized carbons (Fsp3) is 0.318. The minimum absolute atomic E-state index is 0. The number of nitrogens with one attached hydrogen (secondary N) is 1. The number of fused-ring (bicyclic) bond motifs is 3. The molecule has 0 spiro atoms. The lowest BCUT2D eigenvalue weighted by Gasteiger charge is -2.10. The van der Waals surface area contributed by atoms with E-state index < -0.39 is 0 Å². The lowest BCUT2D eigenvalue weighted by Crippen LogP contribution is -2.04. The number of anilines is 1. The summed E-state index contributed by atoms with van der Waals surface area (Å²) in [6, 6.07) is 7.14. The van der Waals surface area contributed by atoms with Gasteiger partial charge in [-0.3, -0.25) is 0 Å². The molecule has 0 bridgehead atoms. The van der Waals surface area contributed by atoms with Crippen molar-refractivity contribution < 1.29 is 9.13 Å². The molecule has 30 heavy (non-hydrogen) atoms. The van der Waals surface area contributed by atoms with Crippen LogP contribution in [0.3, 0.4) is 0 Å². The molecule has 5 rings (SSSR count). The molecule has 1 aromatic carbocycles. The average molecular weight is 445 g/mol. The van der Waals surface area contributed by atoms with Gasteiger partial charge >= 0.3 is 0 Å². The lowest BCUT2D eigenvalue weighted by molar-refractivity contribution is 0.285. The van der Waals surface area contributed by atoms with E-state index in [1.807, 2.05) is 19.1 Å². The third kappa shape index (κ3) is 3.91. The SMILES string of the molecule is Cc1nnc2sc3c(NCc4ccc(OCC5CC5)c(F)c4)nccc3c2c1C.Cl. The molecule has 1 fully saturated rings. The number of aromatic nitrogens is 3. The Morgan fingerprint density at radius 1 is 1.20 bits per heavy atom. The summed E-state index contributed by atoms with van der Waals surface area (Å²) in [5.74, 6) is 1.38. The normalized spacial score (nSPS) is 13.4.